The summed E-state index contributed by atoms with van der Waals surface area (Å²) in [5.74, 6) is 0. The molecule has 1 spiro atoms. The highest BCUT2D eigenvalue weighted by Crippen LogP contribution is 2.43. The zero-order valence-corrected chi connectivity index (χ0v) is 27.6. The van der Waals surface area contributed by atoms with E-state index in [-0.39, 0.29) is 25.3 Å². The lowest BCUT2D eigenvalue weighted by Gasteiger charge is -2.39. The maximum Gasteiger partial charge on any atom is 0.416 e. The van der Waals surface area contributed by atoms with E-state index in [0.29, 0.717) is 68.1 Å². The Bertz CT molecular complexity index is 1950. The number of nitrogens with zero attached hydrogens (tertiary/aromatic N) is 4. The van der Waals surface area contributed by atoms with E-state index >= 15 is 0 Å². The summed E-state index contributed by atoms with van der Waals surface area (Å²) in [6, 6.07) is 23.8. The summed E-state index contributed by atoms with van der Waals surface area (Å²) in [7, 11) is 0. The molecule has 256 valence electrons. The van der Waals surface area contributed by atoms with E-state index in [1.165, 1.54) is 22.8 Å². The topological polar surface area (TPSA) is 92.3 Å². The van der Waals surface area contributed by atoms with Gasteiger partial charge in [0.05, 0.1) is 48.6 Å². The van der Waals surface area contributed by atoms with Gasteiger partial charge in [-0.15, -0.1) is 0 Å². The molecule has 1 saturated heterocycles. The predicted octanol–water partition coefficient (Wildman–Crippen LogP) is 6.39. The molecule has 8 nitrogen and oxygen atoms in total. The molecule has 1 aromatic heterocycles. The molecule has 49 heavy (non-hydrogen) atoms. The van der Waals surface area contributed by atoms with Crippen LogP contribution >= 0.6 is 11.6 Å². The number of alkyl halides is 3. The van der Waals surface area contributed by atoms with Crippen LogP contribution in [0.2, 0.25) is 5.02 Å². The van der Waals surface area contributed by atoms with Gasteiger partial charge in [0.1, 0.15) is 5.60 Å². The van der Waals surface area contributed by atoms with Crippen molar-refractivity contribution in [3.05, 3.63) is 138 Å². The molecule has 3 heterocycles. The lowest BCUT2D eigenvalue weighted by atomic mass is 9.85. The monoisotopic (exact) mass is 691 g/mol. The molecular formula is C37H37ClF3N5O3. The van der Waals surface area contributed by atoms with Gasteiger partial charge in [-0.1, -0.05) is 72.3 Å². The predicted molar refractivity (Wildman–Crippen MR) is 180 cm³/mol. The molecular weight excluding hydrogens is 655 g/mol. The van der Waals surface area contributed by atoms with Crippen molar-refractivity contribution in [2.24, 2.45) is 0 Å². The molecule has 1 fully saturated rings. The average Bonchev–Trinajstić information content (AvgIpc) is 3.45. The lowest BCUT2D eigenvalue weighted by Crippen LogP contribution is -2.50. The van der Waals surface area contributed by atoms with Crippen molar-refractivity contribution in [1.29, 1.82) is 5.26 Å². The highest BCUT2D eigenvalue weighted by Gasteiger charge is 2.47. The highest BCUT2D eigenvalue weighted by molar-refractivity contribution is 6.30. The number of nitrogens with one attached hydrogen (secondary N) is 1. The van der Waals surface area contributed by atoms with Crippen LogP contribution in [0.25, 0.3) is 0 Å². The first-order chi connectivity index (χ1) is 23.6. The molecule has 4 aromatic rings. The number of hydrogen-bond donors (Lipinski definition) is 1. The van der Waals surface area contributed by atoms with E-state index < -0.39 is 34.6 Å². The van der Waals surface area contributed by atoms with E-state index in [1.807, 2.05) is 54.6 Å². The van der Waals surface area contributed by atoms with Crippen LogP contribution in [0.3, 0.4) is 0 Å². The van der Waals surface area contributed by atoms with Crippen molar-refractivity contribution in [1.82, 2.24) is 19.4 Å². The van der Waals surface area contributed by atoms with Crippen LogP contribution in [0, 0.1) is 11.3 Å². The van der Waals surface area contributed by atoms with Gasteiger partial charge in [-0.2, -0.15) is 18.4 Å². The summed E-state index contributed by atoms with van der Waals surface area (Å²) >= 11 is 6.20. The fourth-order valence-electron chi connectivity index (χ4n) is 7.02. The quantitative estimate of drug-likeness (QED) is 0.184. The highest BCUT2D eigenvalue weighted by atomic mass is 35.5. The van der Waals surface area contributed by atoms with Crippen molar-refractivity contribution in [2.75, 3.05) is 19.6 Å². The minimum atomic E-state index is -4.63. The number of ether oxygens (including phenoxy) is 1. The number of aromatic nitrogens is 2. The molecule has 1 N–H and O–H groups in total. The molecule has 1 atom stereocenters. The molecule has 0 bridgehead atoms. The third-order valence-corrected chi connectivity index (χ3v) is 9.74. The molecule has 0 saturated carbocycles. The van der Waals surface area contributed by atoms with Crippen molar-refractivity contribution < 1.29 is 17.9 Å². The minimum absolute atomic E-state index is 0.0561. The van der Waals surface area contributed by atoms with Crippen LogP contribution in [0.4, 0.5) is 13.2 Å². The number of piperidine rings is 1. The summed E-state index contributed by atoms with van der Waals surface area (Å²) in [6.45, 7) is 1.86. The maximum atomic E-state index is 14.5. The normalized spacial score (nSPS) is 16.4. The summed E-state index contributed by atoms with van der Waals surface area (Å²) in [5.41, 5.74) is -0.514. The van der Waals surface area contributed by atoms with Crippen LogP contribution in [-0.4, -0.2) is 33.7 Å². The molecule has 2 aliphatic rings. The van der Waals surface area contributed by atoms with Crippen LogP contribution < -0.4 is 16.6 Å². The molecule has 12 heteroatoms. The van der Waals surface area contributed by atoms with Gasteiger partial charge in [0, 0.05) is 31.1 Å². The van der Waals surface area contributed by atoms with Crippen molar-refractivity contribution in [3.63, 3.8) is 0 Å². The van der Waals surface area contributed by atoms with Gasteiger partial charge in [0.15, 0.2) is 0 Å². The Kier molecular flexibility index (Phi) is 10.4. The largest absolute Gasteiger partial charge is 0.416 e. The minimum Gasteiger partial charge on any atom is -0.364 e. The lowest BCUT2D eigenvalue weighted by molar-refractivity contribution is -0.138. The first kappa shape index (κ1) is 34.6. The number of likely N-dealkylation sites (tertiary alicyclic amines) is 1. The Morgan fingerprint density at radius 2 is 1.69 bits per heavy atom. The summed E-state index contributed by atoms with van der Waals surface area (Å²) in [4.78, 5) is 31.1. The van der Waals surface area contributed by atoms with Gasteiger partial charge >= 0.3 is 11.9 Å². The third-order valence-electron chi connectivity index (χ3n) is 9.51. The van der Waals surface area contributed by atoms with Crippen LogP contribution in [0.1, 0.15) is 65.2 Å². The van der Waals surface area contributed by atoms with Gasteiger partial charge in [-0.3, -0.25) is 18.8 Å². The molecule has 0 radical (unpaired) electrons. The van der Waals surface area contributed by atoms with Gasteiger partial charge < -0.3 is 10.1 Å². The molecule has 2 aliphatic heterocycles. The van der Waals surface area contributed by atoms with Crippen molar-refractivity contribution >= 4 is 11.6 Å². The average molecular weight is 692 g/mol. The summed E-state index contributed by atoms with van der Waals surface area (Å²) in [5, 5.41) is 13.1. The van der Waals surface area contributed by atoms with E-state index in [9.17, 15) is 22.8 Å². The second-order valence-corrected chi connectivity index (χ2v) is 13.1. The Morgan fingerprint density at radius 1 is 0.959 bits per heavy atom. The Balaban J connectivity index is 1.41. The second kappa shape index (κ2) is 14.7. The van der Waals surface area contributed by atoms with Gasteiger partial charge in [0.2, 0.25) is 0 Å². The summed E-state index contributed by atoms with van der Waals surface area (Å²) in [6.07, 6.45) is -2.77. The number of fused-ring (bicyclic) bond motifs is 2. The van der Waals surface area contributed by atoms with E-state index in [4.69, 9.17) is 21.6 Å². The SMILES string of the molecule is N#CCCCNC(Cn1c(=O)c2c(n(Cc3ccccc3C(F)(F)F)c1=O)COC21CCN(Cc2cccc(Cl)c2)CC1)c1ccccc1. The Labute approximate surface area is 287 Å². The molecule has 1 unspecified atom stereocenters. The number of rotatable bonds is 11. The number of benzene rings is 3. The van der Waals surface area contributed by atoms with Crippen LogP contribution in [0.15, 0.2) is 88.5 Å². The van der Waals surface area contributed by atoms with Crippen LogP contribution in [0.5, 0.6) is 0 Å². The number of unbranched alkanes of at least 4 members (excludes halogenated alkanes) is 1. The van der Waals surface area contributed by atoms with Gasteiger partial charge in [0.25, 0.3) is 5.56 Å². The third kappa shape index (κ3) is 7.53. The van der Waals surface area contributed by atoms with Crippen molar-refractivity contribution in [3.8, 4) is 6.07 Å². The number of halogens is 4. The van der Waals surface area contributed by atoms with Gasteiger partial charge in [-0.25, -0.2) is 4.79 Å². The molecule has 3 aromatic carbocycles. The first-order valence-electron chi connectivity index (χ1n) is 16.4. The van der Waals surface area contributed by atoms with Crippen LogP contribution in [-0.2, 0) is 42.8 Å². The van der Waals surface area contributed by atoms with Crippen molar-refractivity contribution in [2.45, 2.75) is 69.7 Å². The Morgan fingerprint density at radius 3 is 2.41 bits per heavy atom. The zero-order valence-electron chi connectivity index (χ0n) is 26.9. The standard InChI is InChI=1S/C37H37ClF3N5O3/c38-29-13-8-9-26(21-29)22-44-19-15-36(16-20-44)33-32(25-49-36)45(23-28-12-4-5-14-30(28)37(39,40)41)35(48)46(34(33)47)24-31(43-18-7-6-17-42)27-10-2-1-3-11-27/h1-5,8-14,21,31,43H,6-7,15-16,18-20,22-25H2. The fourth-order valence-corrected chi connectivity index (χ4v) is 7.23. The molecule has 0 amide bonds. The second-order valence-electron chi connectivity index (χ2n) is 12.6. The number of hydrogen-bond acceptors (Lipinski definition) is 6. The van der Waals surface area contributed by atoms with E-state index in [0.717, 1.165) is 21.8 Å². The smallest absolute Gasteiger partial charge is 0.364 e. The van der Waals surface area contributed by atoms with Gasteiger partial charge in [-0.05, 0) is 60.7 Å². The van der Waals surface area contributed by atoms with E-state index in [1.54, 1.807) is 0 Å². The first-order valence-corrected chi connectivity index (χ1v) is 16.8. The maximum absolute atomic E-state index is 14.5. The molecule has 6 rings (SSSR count). The van der Waals surface area contributed by atoms with E-state index in [2.05, 4.69) is 16.3 Å². The summed E-state index contributed by atoms with van der Waals surface area (Å²) < 4.78 is 51.2. The molecule has 0 aliphatic carbocycles. The fraction of sp³-hybridized carbons (Fsp3) is 0.378. The number of nitriles is 1. The Hall–Kier alpha value is -4.21. The zero-order chi connectivity index (χ0) is 34.6.